The van der Waals surface area contributed by atoms with Gasteiger partial charge >= 0.3 is 0 Å². The Morgan fingerprint density at radius 1 is 1.16 bits per heavy atom. The smallest absolute Gasteiger partial charge is 0.162 e. The molecule has 31 heavy (non-hydrogen) atoms. The largest absolute Gasteiger partial charge is 0.504 e. The Kier molecular flexibility index (Phi) is 6.49. The Morgan fingerprint density at radius 2 is 1.94 bits per heavy atom. The average Bonchev–Trinajstić information content (AvgIpc) is 2.81. The number of methoxy groups -OCH3 is 1. The van der Waals surface area contributed by atoms with E-state index in [0.717, 1.165) is 55.1 Å². The normalized spacial score (nSPS) is 21.0. The van der Waals surface area contributed by atoms with Crippen molar-refractivity contribution >= 4 is 5.71 Å². The summed E-state index contributed by atoms with van der Waals surface area (Å²) in [4.78, 5) is 7.72. The van der Waals surface area contributed by atoms with Crippen LogP contribution in [0.3, 0.4) is 0 Å². The van der Waals surface area contributed by atoms with Crippen LogP contribution in [0.25, 0.3) is 0 Å². The van der Waals surface area contributed by atoms with E-state index in [1.165, 1.54) is 0 Å². The van der Waals surface area contributed by atoms with E-state index in [1.54, 1.807) is 7.11 Å². The third kappa shape index (κ3) is 4.55. The lowest BCUT2D eigenvalue weighted by atomic mass is 9.87. The molecule has 0 amide bonds. The molecule has 0 aromatic heterocycles. The van der Waals surface area contributed by atoms with Gasteiger partial charge in [0.25, 0.3) is 0 Å². The van der Waals surface area contributed by atoms with Crippen molar-refractivity contribution in [2.75, 3.05) is 33.4 Å². The van der Waals surface area contributed by atoms with Gasteiger partial charge in [0.2, 0.25) is 0 Å². The first-order chi connectivity index (χ1) is 15.1. The fourth-order valence-corrected chi connectivity index (χ4v) is 4.67. The number of para-hydroxylation sites is 1. The minimum absolute atomic E-state index is 0.0488. The summed E-state index contributed by atoms with van der Waals surface area (Å²) in [7, 11) is 1.69. The first-order valence-electron chi connectivity index (χ1n) is 11.3. The molecule has 6 heteroatoms. The van der Waals surface area contributed by atoms with Crippen LogP contribution in [0.4, 0.5) is 0 Å². The SMILES string of the molecule is CCOc1cccc(C2CC(c3cccc(OC)c3)=NC3(CCN(CC)CC3)N2)c1O. The van der Waals surface area contributed by atoms with Gasteiger partial charge in [0.05, 0.1) is 13.7 Å². The summed E-state index contributed by atoms with van der Waals surface area (Å²) in [5.41, 5.74) is 2.65. The summed E-state index contributed by atoms with van der Waals surface area (Å²) in [6, 6.07) is 13.8. The summed E-state index contributed by atoms with van der Waals surface area (Å²) < 4.78 is 11.1. The molecule has 0 bridgehead atoms. The van der Waals surface area contributed by atoms with Gasteiger partial charge in [-0.15, -0.1) is 0 Å². The summed E-state index contributed by atoms with van der Waals surface area (Å²) in [5, 5.41) is 14.8. The van der Waals surface area contributed by atoms with E-state index >= 15 is 0 Å². The predicted octanol–water partition coefficient (Wildman–Crippen LogP) is 4.14. The van der Waals surface area contributed by atoms with Crippen molar-refractivity contribution in [1.82, 2.24) is 10.2 Å². The van der Waals surface area contributed by atoms with Gasteiger partial charge in [0.1, 0.15) is 11.4 Å². The highest BCUT2D eigenvalue weighted by molar-refractivity contribution is 6.02. The first kappa shape index (κ1) is 21.7. The molecule has 2 aromatic carbocycles. The third-order valence-electron chi connectivity index (χ3n) is 6.43. The topological polar surface area (TPSA) is 66.3 Å². The van der Waals surface area contributed by atoms with Gasteiger partial charge in [-0.2, -0.15) is 0 Å². The van der Waals surface area contributed by atoms with Gasteiger partial charge in [-0.3, -0.25) is 10.3 Å². The number of rotatable bonds is 6. The Hall–Kier alpha value is -2.57. The van der Waals surface area contributed by atoms with Gasteiger partial charge in [-0.1, -0.05) is 31.2 Å². The standard InChI is InChI=1S/C25H33N3O3/c1-4-28-14-12-25(13-15-28)26-21(18-8-6-9-19(16-18)30-3)17-22(27-25)20-10-7-11-23(24(20)29)31-5-2/h6-11,16,22,27,29H,4-5,12-15,17H2,1-3H3. The quantitative estimate of drug-likeness (QED) is 0.731. The molecule has 2 aliphatic heterocycles. The molecule has 6 nitrogen and oxygen atoms in total. The minimum atomic E-state index is -0.332. The number of ether oxygens (including phenoxy) is 2. The second-order valence-corrected chi connectivity index (χ2v) is 8.28. The van der Waals surface area contributed by atoms with Crippen LogP contribution in [0.2, 0.25) is 0 Å². The summed E-state index contributed by atoms with van der Waals surface area (Å²) in [5.74, 6) is 1.57. The molecule has 0 aliphatic carbocycles. The molecule has 1 fully saturated rings. The van der Waals surface area contributed by atoms with Crippen LogP contribution in [0.1, 0.15) is 50.3 Å². The van der Waals surface area contributed by atoms with Crippen LogP contribution in [0, 0.1) is 0 Å². The van der Waals surface area contributed by atoms with E-state index in [-0.39, 0.29) is 17.5 Å². The number of phenolic OH excluding ortho intramolecular Hbond substituents is 1. The Balaban J connectivity index is 1.72. The van der Waals surface area contributed by atoms with Crippen LogP contribution < -0.4 is 14.8 Å². The molecule has 0 radical (unpaired) electrons. The highest BCUT2D eigenvalue weighted by Gasteiger charge is 2.40. The van der Waals surface area contributed by atoms with Crippen LogP contribution in [-0.4, -0.2) is 54.7 Å². The number of nitrogens with one attached hydrogen (secondary N) is 1. The lowest BCUT2D eigenvalue weighted by molar-refractivity contribution is 0.129. The van der Waals surface area contributed by atoms with Crippen LogP contribution in [0.15, 0.2) is 47.5 Å². The maximum Gasteiger partial charge on any atom is 0.162 e. The Morgan fingerprint density at radius 3 is 2.65 bits per heavy atom. The number of phenols is 1. The number of hydrogen-bond donors (Lipinski definition) is 2. The molecule has 2 aromatic rings. The lowest BCUT2D eigenvalue weighted by Gasteiger charge is -2.45. The van der Waals surface area contributed by atoms with Crippen molar-refractivity contribution < 1.29 is 14.6 Å². The van der Waals surface area contributed by atoms with Crippen LogP contribution >= 0.6 is 0 Å². The number of benzene rings is 2. The number of aromatic hydroxyl groups is 1. The van der Waals surface area contributed by atoms with Crippen molar-refractivity contribution in [3.8, 4) is 17.2 Å². The highest BCUT2D eigenvalue weighted by atomic mass is 16.5. The second kappa shape index (κ2) is 9.28. The van der Waals surface area contributed by atoms with Crippen molar-refractivity contribution in [3.63, 3.8) is 0 Å². The molecule has 1 atom stereocenters. The van der Waals surface area contributed by atoms with E-state index in [4.69, 9.17) is 14.5 Å². The van der Waals surface area contributed by atoms with Gasteiger partial charge in [-0.05, 0) is 50.1 Å². The highest BCUT2D eigenvalue weighted by Crippen LogP contribution is 2.40. The first-order valence-corrected chi connectivity index (χ1v) is 11.3. The predicted molar refractivity (Wildman–Crippen MR) is 123 cm³/mol. The van der Waals surface area contributed by atoms with E-state index < -0.39 is 0 Å². The molecule has 1 spiro atoms. The maximum absolute atomic E-state index is 10.9. The number of likely N-dealkylation sites (tertiary alicyclic amines) is 1. The van der Waals surface area contributed by atoms with Crippen molar-refractivity contribution in [3.05, 3.63) is 53.6 Å². The van der Waals surface area contributed by atoms with E-state index in [0.29, 0.717) is 18.8 Å². The molecule has 2 aliphatic rings. The molecule has 4 rings (SSSR count). The van der Waals surface area contributed by atoms with E-state index in [9.17, 15) is 5.11 Å². The molecule has 1 unspecified atom stereocenters. The Bertz CT molecular complexity index is 935. The lowest BCUT2D eigenvalue weighted by Crippen LogP contribution is -2.56. The number of piperidine rings is 1. The molecule has 0 saturated carbocycles. The molecular formula is C25H33N3O3. The second-order valence-electron chi connectivity index (χ2n) is 8.28. The fraction of sp³-hybridized carbons (Fsp3) is 0.480. The molecule has 2 heterocycles. The summed E-state index contributed by atoms with van der Waals surface area (Å²) in [6.07, 6.45) is 2.57. The zero-order valence-corrected chi connectivity index (χ0v) is 18.7. The third-order valence-corrected chi connectivity index (χ3v) is 6.43. The summed E-state index contributed by atoms with van der Waals surface area (Å²) in [6.45, 7) is 7.73. The van der Waals surface area contributed by atoms with Gasteiger partial charge in [0.15, 0.2) is 11.5 Å². The molecule has 2 N–H and O–H groups in total. The molecular weight excluding hydrogens is 390 g/mol. The van der Waals surface area contributed by atoms with Crippen molar-refractivity contribution in [2.24, 2.45) is 4.99 Å². The molecule has 1 saturated heterocycles. The number of nitrogens with zero attached hydrogens (tertiary/aromatic N) is 2. The summed E-state index contributed by atoms with van der Waals surface area (Å²) >= 11 is 0. The minimum Gasteiger partial charge on any atom is -0.504 e. The van der Waals surface area contributed by atoms with Gasteiger partial charge in [-0.25, -0.2) is 0 Å². The number of aliphatic imine (C=N–C) groups is 1. The maximum atomic E-state index is 10.9. The van der Waals surface area contributed by atoms with Crippen molar-refractivity contribution in [1.29, 1.82) is 0 Å². The van der Waals surface area contributed by atoms with Gasteiger partial charge in [0, 0.05) is 36.8 Å². The zero-order valence-electron chi connectivity index (χ0n) is 18.7. The fourth-order valence-electron chi connectivity index (χ4n) is 4.67. The van der Waals surface area contributed by atoms with Crippen LogP contribution in [0.5, 0.6) is 17.2 Å². The average molecular weight is 424 g/mol. The van der Waals surface area contributed by atoms with E-state index in [2.05, 4.69) is 23.2 Å². The number of hydrogen-bond acceptors (Lipinski definition) is 6. The van der Waals surface area contributed by atoms with Crippen LogP contribution in [-0.2, 0) is 0 Å². The zero-order chi connectivity index (χ0) is 21.8. The molecule has 166 valence electrons. The monoisotopic (exact) mass is 423 g/mol. The van der Waals surface area contributed by atoms with E-state index in [1.807, 2.05) is 43.3 Å². The Labute approximate surface area is 184 Å². The van der Waals surface area contributed by atoms with Crippen molar-refractivity contribution in [2.45, 2.75) is 44.8 Å². The van der Waals surface area contributed by atoms with Gasteiger partial charge < -0.3 is 19.5 Å².